The minimum absolute atomic E-state index is 0.0534. The van der Waals surface area contributed by atoms with Crippen molar-refractivity contribution >= 4 is 23.2 Å². The Kier molecular flexibility index (Phi) is 6.92. The Bertz CT molecular complexity index is 755. The van der Waals surface area contributed by atoms with E-state index in [9.17, 15) is 9.59 Å². The molecular formula is C20H25N3O3S. The van der Waals surface area contributed by atoms with Gasteiger partial charge in [0.05, 0.1) is 12.1 Å². The van der Waals surface area contributed by atoms with Crippen LogP contribution in [-0.2, 0) is 20.7 Å². The van der Waals surface area contributed by atoms with Gasteiger partial charge in [0.15, 0.2) is 6.10 Å². The monoisotopic (exact) mass is 387 g/mol. The van der Waals surface area contributed by atoms with Crippen molar-refractivity contribution in [3.63, 3.8) is 0 Å². The molecule has 1 amide bonds. The maximum Gasteiger partial charge on any atom is 0.312 e. The first-order valence-electron chi connectivity index (χ1n) is 9.46. The summed E-state index contributed by atoms with van der Waals surface area (Å²) in [6.07, 6.45) is 9.44. The fourth-order valence-electron chi connectivity index (χ4n) is 3.19. The molecule has 2 heterocycles. The molecule has 0 radical (unpaired) electrons. The quantitative estimate of drug-likeness (QED) is 0.606. The summed E-state index contributed by atoms with van der Waals surface area (Å²) < 4.78 is 5.31. The van der Waals surface area contributed by atoms with E-state index in [0.29, 0.717) is 5.69 Å². The average Bonchev–Trinajstić information content (AvgIpc) is 2.97. The summed E-state index contributed by atoms with van der Waals surface area (Å²) in [5.41, 5.74) is 1.55. The van der Waals surface area contributed by atoms with Gasteiger partial charge >= 0.3 is 5.97 Å². The number of carbonyl (C=O) groups is 2. The molecule has 2 aromatic rings. The zero-order valence-electron chi connectivity index (χ0n) is 15.5. The Labute approximate surface area is 163 Å². The highest BCUT2D eigenvalue weighted by Gasteiger charge is 2.22. The molecule has 27 heavy (non-hydrogen) atoms. The molecule has 3 rings (SSSR count). The van der Waals surface area contributed by atoms with Crippen LogP contribution in [0.3, 0.4) is 0 Å². The summed E-state index contributed by atoms with van der Waals surface area (Å²) >= 11 is 1.46. The number of rotatable bonds is 6. The van der Waals surface area contributed by atoms with Crippen molar-refractivity contribution in [3.05, 3.63) is 35.6 Å². The average molecular weight is 388 g/mol. The van der Waals surface area contributed by atoms with E-state index in [-0.39, 0.29) is 18.4 Å². The van der Waals surface area contributed by atoms with E-state index >= 15 is 0 Å². The predicted octanol–water partition coefficient (Wildman–Crippen LogP) is 3.52. The van der Waals surface area contributed by atoms with Crippen molar-refractivity contribution in [2.24, 2.45) is 0 Å². The fourth-order valence-corrected chi connectivity index (χ4v) is 4.00. The molecular weight excluding hydrogens is 362 g/mol. The number of ether oxygens (including phenoxy) is 1. The summed E-state index contributed by atoms with van der Waals surface area (Å²) in [4.78, 5) is 33.0. The molecule has 1 aliphatic rings. The topological polar surface area (TPSA) is 81.2 Å². The number of amides is 1. The molecule has 1 fully saturated rings. The number of thiazole rings is 1. The molecule has 0 spiro atoms. The van der Waals surface area contributed by atoms with Crippen LogP contribution in [0.5, 0.6) is 0 Å². The van der Waals surface area contributed by atoms with E-state index < -0.39 is 12.1 Å². The van der Waals surface area contributed by atoms with Crippen LogP contribution >= 0.6 is 11.3 Å². The molecule has 1 N–H and O–H groups in total. The minimum Gasteiger partial charge on any atom is -0.452 e. The third kappa shape index (κ3) is 5.85. The molecule has 1 atom stereocenters. The fraction of sp³-hybridized carbons (Fsp3) is 0.500. The van der Waals surface area contributed by atoms with Gasteiger partial charge in [0.25, 0.3) is 5.91 Å². The summed E-state index contributed by atoms with van der Waals surface area (Å²) in [5, 5.41) is 5.66. The molecule has 1 aliphatic carbocycles. The first-order valence-corrected chi connectivity index (χ1v) is 10.3. The van der Waals surface area contributed by atoms with Crippen LogP contribution in [-0.4, -0.2) is 34.0 Å². The van der Waals surface area contributed by atoms with Crippen molar-refractivity contribution in [3.8, 4) is 10.6 Å². The van der Waals surface area contributed by atoms with Gasteiger partial charge in [-0.15, -0.1) is 11.3 Å². The maximum atomic E-state index is 12.3. The standard InChI is InChI=1S/C20H25N3O3S/c1-14(19(25)22-16-8-4-2-3-5-9-16)26-18(24)11-17-13-27-20(23-17)15-7-6-10-21-12-15/h6-7,10,12-14,16H,2-5,8-9,11H2,1H3,(H,22,25)/t14-/m0/s1. The van der Waals surface area contributed by atoms with Gasteiger partial charge in [-0.3, -0.25) is 14.6 Å². The van der Waals surface area contributed by atoms with Gasteiger partial charge in [-0.1, -0.05) is 25.7 Å². The van der Waals surface area contributed by atoms with Crippen molar-refractivity contribution in [1.29, 1.82) is 0 Å². The lowest BCUT2D eigenvalue weighted by atomic mass is 10.1. The Morgan fingerprint density at radius 1 is 1.30 bits per heavy atom. The van der Waals surface area contributed by atoms with E-state index in [4.69, 9.17) is 4.74 Å². The Hall–Kier alpha value is -2.28. The Morgan fingerprint density at radius 3 is 2.78 bits per heavy atom. The summed E-state index contributed by atoms with van der Waals surface area (Å²) in [7, 11) is 0. The number of carbonyl (C=O) groups excluding carboxylic acids is 2. The first-order chi connectivity index (χ1) is 13.1. The first kappa shape index (κ1) is 19.5. The van der Waals surface area contributed by atoms with E-state index in [1.54, 1.807) is 19.3 Å². The highest BCUT2D eigenvalue weighted by Crippen LogP contribution is 2.23. The van der Waals surface area contributed by atoms with Crippen LogP contribution in [0.1, 0.15) is 51.1 Å². The highest BCUT2D eigenvalue weighted by molar-refractivity contribution is 7.13. The van der Waals surface area contributed by atoms with Gasteiger partial charge in [0, 0.05) is 29.4 Å². The number of nitrogens with one attached hydrogen (secondary N) is 1. The molecule has 6 nitrogen and oxygen atoms in total. The van der Waals surface area contributed by atoms with E-state index in [0.717, 1.165) is 36.3 Å². The summed E-state index contributed by atoms with van der Waals surface area (Å²) in [6.45, 7) is 1.62. The normalized spacial score (nSPS) is 16.3. The van der Waals surface area contributed by atoms with Gasteiger partial charge in [-0.25, -0.2) is 4.98 Å². The lowest BCUT2D eigenvalue weighted by Gasteiger charge is -2.19. The van der Waals surface area contributed by atoms with Gasteiger partial charge in [0.2, 0.25) is 0 Å². The molecule has 0 aromatic carbocycles. The second-order valence-electron chi connectivity index (χ2n) is 6.89. The molecule has 7 heteroatoms. The Balaban J connectivity index is 1.48. The highest BCUT2D eigenvalue weighted by atomic mass is 32.1. The lowest BCUT2D eigenvalue weighted by molar-refractivity contribution is -0.154. The molecule has 0 unspecified atom stereocenters. The molecule has 0 bridgehead atoms. The van der Waals surface area contributed by atoms with Crippen LogP contribution in [0.4, 0.5) is 0 Å². The van der Waals surface area contributed by atoms with Gasteiger partial charge in [0.1, 0.15) is 5.01 Å². The molecule has 0 aliphatic heterocycles. The third-order valence-corrected chi connectivity index (χ3v) is 5.60. The summed E-state index contributed by atoms with van der Waals surface area (Å²) in [5.74, 6) is -0.661. The van der Waals surface area contributed by atoms with Gasteiger partial charge < -0.3 is 10.1 Å². The third-order valence-electron chi connectivity index (χ3n) is 4.66. The summed E-state index contributed by atoms with van der Waals surface area (Å²) in [6, 6.07) is 3.97. The predicted molar refractivity (Wildman–Crippen MR) is 104 cm³/mol. The zero-order chi connectivity index (χ0) is 19.1. The van der Waals surface area contributed by atoms with Crippen molar-refractivity contribution < 1.29 is 14.3 Å². The number of hydrogen-bond donors (Lipinski definition) is 1. The van der Waals surface area contributed by atoms with Crippen LogP contribution in [0.2, 0.25) is 0 Å². The van der Waals surface area contributed by atoms with Crippen molar-refractivity contribution in [1.82, 2.24) is 15.3 Å². The van der Waals surface area contributed by atoms with Crippen LogP contribution in [0, 0.1) is 0 Å². The van der Waals surface area contributed by atoms with Gasteiger partial charge in [-0.2, -0.15) is 0 Å². The smallest absolute Gasteiger partial charge is 0.312 e. The zero-order valence-corrected chi connectivity index (χ0v) is 16.3. The van der Waals surface area contributed by atoms with Gasteiger partial charge in [-0.05, 0) is 31.9 Å². The van der Waals surface area contributed by atoms with Crippen LogP contribution in [0.15, 0.2) is 29.9 Å². The largest absolute Gasteiger partial charge is 0.452 e. The van der Waals surface area contributed by atoms with Crippen LogP contribution in [0.25, 0.3) is 10.6 Å². The second-order valence-corrected chi connectivity index (χ2v) is 7.75. The number of esters is 1. The number of nitrogens with zero attached hydrogens (tertiary/aromatic N) is 2. The molecule has 144 valence electrons. The van der Waals surface area contributed by atoms with E-state index in [1.807, 2.05) is 17.5 Å². The Morgan fingerprint density at radius 2 is 2.07 bits per heavy atom. The van der Waals surface area contributed by atoms with E-state index in [2.05, 4.69) is 15.3 Å². The van der Waals surface area contributed by atoms with E-state index in [1.165, 1.54) is 24.2 Å². The van der Waals surface area contributed by atoms with Crippen molar-refractivity contribution in [2.75, 3.05) is 0 Å². The van der Waals surface area contributed by atoms with Crippen molar-refractivity contribution in [2.45, 2.75) is 64.0 Å². The SMILES string of the molecule is C[C@H](OC(=O)Cc1csc(-c2cccnc2)n1)C(=O)NC1CCCCCC1. The number of hydrogen-bond acceptors (Lipinski definition) is 6. The minimum atomic E-state index is -0.794. The molecule has 0 saturated heterocycles. The van der Waals surface area contributed by atoms with Crippen LogP contribution < -0.4 is 5.32 Å². The molecule has 2 aromatic heterocycles. The maximum absolute atomic E-state index is 12.3. The second kappa shape index (κ2) is 9.60. The number of aromatic nitrogens is 2. The number of pyridine rings is 1. The lowest BCUT2D eigenvalue weighted by Crippen LogP contribution is -2.42. The molecule has 1 saturated carbocycles.